The standard InChI is InChI=1S/C16H17FN2O5S/c1-25(23,24)12(15(18)21)7-8-19-9-11(17)13(14(20)16(19)22)10-5-3-2-4-6-10/h2-6,9,12,20H,7-8H2,1H3,(H2,18,21)/t12-/m1/s1. The number of aromatic hydroxyl groups is 1. The van der Waals surface area contributed by atoms with Crippen LogP contribution in [0.3, 0.4) is 0 Å². The van der Waals surface area contributed by atoms with Crippen molar-refractivity contribution in [1.29, 1.82) is 0 Å². The number of hydrogen-bond acceptors (Lipinski definition) is 5. The number of amides is 1. The van der Waals surface area contributed by atoms with Gasteiger partial charge in [-0.2, -0.15) is 0 Å². The SMILES string of the molecule is CS(=O)(=O)[C@H](CCn1cc(F)c(-c2ccccc2)c(O)c1=O)C(N)=O. The molecule has 2 aromatic rings. The topological polar surface area (TPSA) is 119 Å². The number of hydrogen-bond donors (Lipinski definition) is 2. The van der Waals surface area contributed by atoms with Gasteiger partial charge in [0, 0.05) is 19.0 Å². The summed E-state index contributed by atoms with van der Waals surface area (Å²) in [6.07, 6.45) is 1.41. The van der Waals surface area contributed by atoms with Gasteiger partial charge >= 0.3 is 0 Å². The Labute approximate surface area is 143 Å². The lowest BCUT2D eigenvalue weighted by atomic mass is 10.1. The number of nitrogens with two attached hydrogens (primary N) is 1. The number of benzene rings is 1. The zero-order valence-corrected chi connectivity index (χ0v) is 14.2. The molecule has 0 spiro atoms. The number of nitrogens with zero attached hydrogens (tertiary/aromatic N) is 1. The van der Waals surface area contributed by atoms with Gasteiger partial charge in [0.15, 0.2) is 21.4 Å². The zero-order chi connectivity index (χ0) is 18.8. The summed E-state index contributed by atoms with van der Waals surface area (Å²) >= 11 is 0. The molecule has 0 aliphatic heterocycles. The monoisotopic (exact) mass is 368 g/mol. The molecule has 1 heterocycles. The molecule has 0 unspecified atom stereocenters. The fraction of sp³-hybridized carbons (Fsp3) is 0.250. The molecule has 3 N–H and O–H groups in total. The van der Waals surface area contributed by atoms with E-state index in [0.717, 1.165) is 17.0 Å². The second-order valence-electron chi connectivity index (χ2n) is 5.57. The van der Waals surface area contributed by atoms with E-state index >= 15 is 0 Å². The van der Waals surface area contributed by atoms with E-state index in [0.29, 0.717) is 5.56 Å². The van der Waals surface area contributed by atoms with E-state index in [4.69, 9.17) is 5.73 Å². The predicted octanol–water partition coefficient (Wildman–Crippen LogP) is 0.649. The second kappa shape index (κ2) is 7.06. The lowest BCUT2D eigenvalue weighted by molar-refractivity contribution is -0.117. The minimum absolute atomic E-state index is 0.239. The van der Waals surface area contributed by atoms with Crippen molar-refractivity contribution < 1.29 is 22.7 Å². The van der Waals surface area contributed by atoms with Gasteiger partial charge in [-0.25, -0.2) is 12.8 Å². The third-order valence-corrected chi connectivity index (χ3v) is 5.24. The maximum atomic E-state index is 14.4. The van der Waals surface area contributed by atoms with E-state index in [2.05, 4.69) is 0 Å². The zero-order valence-electron chi connectivity index (χ0n) is 13.3. The summed E-state index contributed by atoms with van der Waals surface area (Å²) in [7, 11) is -3.76. The van der Waals surface area contributed by atoms with Crippen molar-refractivity contribution in [3.8, 4) is 16.9 Å². The highest BCUT2D eigenvalue weighted by atomic mass is 32.2. The molecular formula is C16H17FN2O5S. The minimum atomic E-state index is -3.76. The van der Waals surface area contributed by atoms with Gasteiger partial charge in [-0.3, -0.25) is 9.59 Å². The average Bonchev–Trinajstić information content (AvgIpc) is 2.51. The quantitative estimate of drug-likeness (QED) is 0.776. The van der Waals surface area contributed by atoms with E-state index in [-0.39, 0.29) is 18.5 Å². The fourth-order valence-corrected chi connectivity index (χ4v) is 3.44. The largest absolute Gasteiger partial charge is 0.503 e. The molecule has 0 aliphatic carbocycles. The fourth-order valence-electron chi connectivity index (χ4n) is 2.49. The molecule has 25 heavy (non-hydrogen) atoms. The van der Waals surface area contributed by atoms with Crippen LogP contribution >= 0.6 is 0 Å². The van der Waals surface area contributed by atoms with E-state index in [1.165, 1.54) is 12.1 Å². The lowest BCUT2D eigenvalue weighted by Gasteiger charge is -2.14. The summed E-state index contributed by atoms with van der Waals surface area (Å²) in [5, 5.41) is 8.56. The summed E-state index contributed by atoms with van der Waals surface area (Å²) in [6, 6.07) is 8.03. The number of aryl methyl sites for hydroxylation is 1. The summed E-state index contributed by atoms with van der Waals surface area (Å²) in [6.45, 7) is -0.293. The summed E-state index contributed by atoms with van der Waals surface area (Å²) in [5.41, 5.74) is 4.25. The van der Waals surface area contributed by atoms with Crippen molar-refractivity contribution >= 4 is 15.7 Å². The number of carbonyl (C=O) groups is 1. The van der Waals surface area contributed by atoms with Gasteiger partial charge in [-0.05, 0) is 12.0 Å². The van der Waals surface area contributed by atoms with Crippen LogP contribution in [0.25, 0.3) is 11.1 Å². The van der Waals surface area contributed by atoms with E-state index in [9.17, 15) is 27.5 Å². The lowest BCUT2D eigenvalue weighted by Crippen LogP contribution is -2.37. The highest BCUT2D eigenvalue weighted by molar-refractivity contribution is 7.92. The Bertz CT molecular complexity index is 954. The Morgan fingerprint density at radius 3 is 2.44 bits per heavy atom. The molecular weight excluding hydrogens is 351 g/mol. The third kappa shape index (κ3) is 4.05. The average molecular weight is 368 g/mol. The van der Waals surface area contributed by atoms with Crippen molar-refractivity contribution in [3.05, 3.63) is 52.7 Å². The van der Waals surface area contributed by atoms with Gasteiger partial charge in [0.05, 0.1) is 5.56 Å². The van der Waals surface area contributed by atoms with Crippen LogP contribution in [-0.2, 0) is 21.2 Å². The number of sulfone groups is 1. The van der Waals surface area contributed by atoms with Gasteiger partial charge in [0.1, 0.15) is 5.25 Å². The Morgan fingerprint density at radius 1 is 1.32 bits per heavy atom. The molecule has 0 saturated heterocycles. The minimum Gasteiger partial charge on any atom is -0.503 e. The number of carbonyl (C=O) groups excluding carboxylic acids is 1. The maximum Gasteiger partial charge on any atom is 0.293 e. The first kappa shape index (κ1) is 18.7. The van der Waals surface area contributed by atoms with Crippen LogP contribution < -0.4 is 11.3 Å². The molecule has 9 heteroatoms. The Balaban J connectivity index is 2.39. The molecule has 0 radical (unpaired) electrons. The number of aromatic nitrogens is 1. The van der Waals surface area contributed by atoms with Crippen LogP contribution in [0.1, 0.15) is 6.42 Å². The Hall–Kier alpha value is -2.68. The van der Waals surface area contributed by atoms with Gasteiger partial charge < -0.3 is 15.4 Å². The van der Waals surface area contributed by atoms with Crippen molar-refractivity contribution in [3.63, 3.8) is 0 Å². The van der Waals surface area contributed by atoms with Gasteiger partial charge in [0.25, 0.3) is 5.56 Å². The number of primary amides is 1. The van der Waals surface area contributed by atoms with E-state index in [1.54, 1.807) is 18.2 Å². The van der Waals surface area contributed by atoms with Crippen molar-refractivity contribution in [2.75, 3.05) is 6.26 Å². The van der Waals surface area contributed by atoms with E-state index < -0.39 is 38.1 Å². The van der Waals surface area contributed by atoms with Gasteiger partial charge in [-0.15, -0.1) is 0 Å². The van der Waals surface area contributed by atoms with E-state index in [1.807, 2.05) is 0 Å². The molecule has 0 aliphatic rings. The molecule has 1 amide bonds. The smallest absolute Gasteiger partial charge is 0.293 e. The molecule has 0 saturated carbocycles. The third-order valence-electron chi connectivity index (χ3n) is 3.74. The second-order valence-corrected chi connectivity index (χ2v) is 7.80. The van der Waals surface area contributed by atoms with Crippen LogP contribution in [-0.4, -0.2) is 35.5 Å². The van der Waals surface area contributed by atoms with Crippen LogP contribution in [0.2, 0.25) is 0 Å². The molecule has 134 valence electrons. The highest BCUT2D eigenvalue weighted by Crippen LogP contribution is 2.28. The Morgan fingerprint density at radius 2 is 1.92 bits per heavy atom. The van der Waals surface area contributed by atoms with Crippen LogP contribution in [0.5, 0.6) is 5.75 Å². The number of pyridine rings is 1. The molecule has 7 nitrogen and oxygen atoms in total. The molecule has 1 aromatic carbocycles. The van der Waals surface area contributed by atoms with Crippen molar-refractivity contribution in [1.82, 2.24) is 4.57 Å². The van der Waals surface area contributed by atoms with Crippen LogP contribution in [0.4, 0.5) is 4.39 Å². The molecule has 1 aromatic heterocycles. The summed E-state index contributed by atoms with van der Waals surface area (Å²) in [4.78, 5) is 23.5. The van der Waals surface area contributed by atoms with Crippen LogP contribution in [0, 0.1) is 5.82 Å². The number of halogens is 1. The molecule has 0 fully saturated rings. The summed E-state index contributed by atoms with van der Waals surface area (Å²) < 4.78 is 38.3. The first-order valence-corrected chi connectivity index (χ1v) is 9.24. The van der Waals surface area contributed by atoms with Gasteiger partial charge in [0.2, 0.25) is 5.91 Å². The molecule has 2 rings (SSSR count). The van der Waals surface area contributed by atoms with Gasteiger partial charge in [-0.1, -0.05) is 30.3 Å². The molecule has 0 bridgehead atoms. The molecule has 1 atom stereocenters. The first-order valence-electron chi connectivity index (χ1n) is 7.28. The normalized spacial score (nSPS) is 12.7. The first-order chi connectivity index (χ1) is 11.6. The Kier molecular flexibility index (Phi) is 5.27. The highest BCUT2D eigenvalue weighted by Gasteiger charge is 2.27. The predicted molar refractivity (Wildman–Crippen MR) is 90.2 cm³/mol. The van der Waals surface area contributed by atoms with Crippen molar-refractivity contribution in [2.24, 2.45) is 5.73 Å². The summed E-state index contributed by atoms with van der Waals surface area (Å²) in [5.74, 6) is -2.69. The maximum absolute atomic E-state index is 14.4. The number of rotatable bonds is 6. The van der Waals surface area contributed by atoms with Crippen LogP contribution in [0.15, 0.2) is 41.3 Å². The van der Waals surface area contributed by atoms with Crippen molar-refractivity contribution in [2.45, 2.75) is 18.2 Å².